The lowest BCUT2D eigenvalue weighted by Crippen LogP contribution is -2.33. The molecule has 1 fully saturated rings. The summed E-state index contributed by atoms with van der Waals surface area (Å²) in [5, 5.41) is 0. The monoisotopic (exact) mass is 265 g/mol. The molecule has 0 amide bonds. The third kappa shape index (κ3) is 3.54. The summed E-state index contributed by atoms with van der Waals surface area (Å²) < 4.78 is 5.11. The maximum Gasteiger partial charge on any atom is 0.158 e. The number of hydrogen-bond acceptors (Lipinski definition) is 6. The van der Waals surface area contributed by atoms with Crippen molar-refractivity contribution >= 4 is 11.6 Å². The molecule has 1 saturated heterocycles. The number of methoxy groups -OCH3 is 1. The lowest BCUT2D eigenvalue weighted by atomic mass is 10.1. The Bertz CT molecular complexity index is 412. The maximum atomic E-state index is 5.48. The molecule has 1 aromatic heterocycles. The van der Waals surface area contributed by atoms with E-state index in [1.54, 1.807) is 7.11 Å². The van der Waals surface area contributed by atoms with Crippen molar-refractivity contribution in [2.45, 2.75) is 45.3 Å². The van der Waals surface area contributed by atoms with Gasteiger partial charge in [0.1, 0.15) is 18.2 Å². The molecule has 0 radical (unpaired) electrons. The predicted octanol–water partition coefficient (Wildman–Crippen LogP) is 1.68. The fraction of sp³-hybridized carbons (Fsp3) is 0.692. The number of hydrazine groups is 1. The summed E-state index contributed by atoms with van der Waals surface area (Å²) in [7, 11) is 1.64. The largest absolute Gasteiger partial charge is 0.377 e. The molecule has 2 heterocycles. The second-order valence-electron chi connectivity index (χ2n) is 5.00. The van der Waals surface area contributed by atoms with Crippen molar-refractivity contribution in [2.24, 2.45) is 5.84 Å². The average Bonchev–Trinajstić information content (AvgIpc) is 2.63. The Morgan fingerprint density at radius 2 is 2.26 bits per heavy atom. The van der Waals surface area contributed by atoms with E-state index in [9.17, 15) is 0 Å². The van der Waals surface area contributed by atoms with Crippen LogP contribution in [0.4, 0.5) is 11.6 Å². The zero-order valence-electron chi connectivity index (χ0n) is 11.7. The number of anilines is 2. The minimum atomic E-state index is 0.394. The van der Waals surface area contributed by atoms with Crippen LogP contribution in [0.2, 0.25) is 0 Å². The van der Waals surface area contributed by atoms with Crippen LogP contribution in [0.15, 0.2) is 6.07 Å². The minimum Gasteiger partial charge on any atom is -0.377 e. The van der Waals surface area contributed by atoms with Crippen LogP contribution in [0.5, 0.6) is 0 Å². The molecule has 0 bridgehead atoms. The minimum absolute atomic E-state index is 0.394. The zero-order valence-corrected chi connectivity index (χ0v) is 11.7. The zero-order chi connectivity index (χ0) is 13.7. The van der Waals surface area contributed by atoms with E-state index in [-0.39, 0.29) is 0 Å². The highest BCUT2D eigenvalue weighted by Crippen LogP contribution is 2.24. The van der Waals surface area contributed by atoms with Crippen molar-refractivity contribution in [3.05, 3.63) is 11.9 Å². The van der Waals surface area contributed by atoms with Gasteiger partial charge in [-0.3, -0.25) is 0 Å². The Morgan fingerprint density at radius 3 is 3.00 bits per heavy atom. The highest BCUT2D eigenvalue weighted by atomic mass is 16.5. The predicted molar refractivity (Wildman–Crippen MR) is 75.8 cm³/mol. The first-order valence-electron chi connectivity index (χ1n) is 6.84. The first kappa shape index (κ1) is 14.0. The van der Waals surface area contributed by atoms with E-state index >= 15 is 0 Å². The quantitative estimate of drug-likeness (QED) is 0.637. The number of nitrogens with two attached hydrogens (primary N) is 1. The molecular weight excluding hydrogens is 242 g/mol. The molecule has 0 aliphatic carbocycles. The van der Waals surface area contributed by atoms with Crippen molar-refractivity contribution in [3.8, 4) is 0 Å². The van der Waals surface area contributed by atoms with Crippen molar-refractivity contribution in [1.29, 1.82) is 0 Å². The number of nitrogens with zero attached hydrogens (tertiary/aromatic N) is 3. The average molecular weight is 265 g/mol. The summed E-state index contributed by atoms with van der Waals surface area (Å²) in [6.07, 6.45) is 4.99. The second-order valence-corrected chi connectivity index (χ2v) is 5.00. The van der Waals surface area contributed by atoms with E-state index in [0.29, 0.717) is 24.3 Å². The molecule has 6 heteroatoms. The van der Waals surface area contributed by atoms with Crippen LogP contribution < -0.4 is 16.2 Å². The van der Waals surface area contributed by atoms with E-state index in [2.05, 4.69) is 27.2 Å². The van der Waals surface area contributed by atoms with Crippen LogP contribution in [-0.4, -0.2) is 29.7 Å². The summed E-state index contributed by atoms with van der Waals surface area (Å²) in [4.78, 5) is 11.2. The first-order valence-corrected chi connectivity index (χ1v) is 6.84. The molecule has 0 saturated carbocycles. The van der Waals surface area contributed by atoms with Crippen molar-refractivity contribution in [1.82, 2.24) is 9.97 Å². The van der Waals surface area contributed by atoms with Gasteiger partial charge in [0.05, 0.1) is 0 Å². The van der Waals surface area contributed by atoms with Crippen LogP contribution in [-0.2, 0) is 11.3 Å². The van der Waals surface area contributed by atoms with Crippen molar-refractivity contribution in [3.63, 3.8) is 0 Å². The number of hydrogen-bond donors (Lipinski definition) is 2. The summed E-state index contributed by atoms with van der Waals surface area (Å²) in [5.41, 5.74) is 2.60. The maximum absolute atomic E-state index is 5.48. The number of nitrogens with one attached hydrogen (secondary N) is 1. The van der Waals surface area contributed by atoms with Gasteiger partial charge in [-0.25, -0.2) is 15.8 Å². The van der Waals surface area contributed by atoms with Gasteiger partial charge in [0.15, 0.2) is 5.82 Å². The lowest BCUT2D eigenvalue weighted by molar-refractivity contribution is 0.178. The normalized spacial score (nSPS) is 20.2. The third-order valence-corrected chi connectivity index (χ3v) is 3.53. The highest BCUT2D eigenvalue weighted by molar-refractivity contribution is 5.49. The molecule has 1 aliphatic heterocycles. The van der Waals surface area contributed by atoms with E-state index in [1.165, 1.54) is 25.7 Å². The van der Waals surface area contributed by atoms with Gasteiger partial charge in [0.2, 0.25) is 0 Å². The second kappa shape index (κ2) is 6.68. The Labute approximate surface area is 114 Å². The molecule has 1 aromatic rings. The SMILES string of the molecule is COCc1nc(NN)cc(N2CCCCCC2C)n1. The number of ether oxygens (including phenoxy) is 1. The molecule has 1 unspecified atom stereocenters. The first-order chi connectivity index (χ1) is 9.24. The summed E-state index contributed by atoms with van der Waals surface area (Å²) in [6.45, 7) is 3.68. The topological polar surface area (TPSA) is 76.3 Å². The van der Waals surface area contributed by atoms with E-state index in [1.807, 2.05) is 6.07 Å². The Balaban J connectivity index is 2.27. The van der Waals surface area contributed by atoms with Crippen LogP contribution in [0, 0.1) is 0 Å². The van der Waals surface area contributed by atoms with Crippen LogP contribution in [0.25, 0.3) is 0 Å². The van der Waals surface area contributed by atoms with Crippen LogP contribution >= 0.6 is 0 Å². The molecule has 106 valence electrons. The van der Waals surface area contributed by atoms with E-state index in [4.69, 9.17) is 10.6 Å². The van der Waals surface area contributed by atoms with Crippen LogP contribution in [0.3, 0.4) is 0 Å². The lowest BCUT2D eigenvalue weighted by Gasteiger charge is -2.28. The summed E-state index contributed by atoms with van der Waals surface area (Å²) >= 11 is 0. The van der Waals surface area contributed by atoms with Crippen LogP contribution in [0.1, 0.15) is 38.4 Å². The smallest absolute Gasteiger partial charge is 0.158 e. The number of aromatic nitrogens is 2. The Morgan fingerprint density at radius 1 is 1.42 bits per heavy atom. The Kier molecular flexibility index (Phi) is 4.93. The summed E-state index contributed by atoms with van der Waals surface area (Å²) in [6, 6.07) is 2.40. The molecule has 19 heavy (non-hydrogen) atoms. The van der Waals surface area contributed by atoms with Gasteiger partial charge in [0, 0.05) is 25.8 Å². The molecule has 3 N–H and O–H groups in total. The molecule has 1 aliphatic rings. The third-order valence-electron chi connectivity index (χ3n) is 3.53. The molecule has 0 aromatic carbocycles. The molecule has 6 nitrogen and oxygen atoms in total. The summed E-state index contributed by atoms with van der Waals surface area (Å²) in [5.74, 6) is 7.70. The van der Waals surface area contributed by atoms with Gasteiger partial charge in [-0.15, -0.1) is 0 Å². The Hall–Kier alpha value is -1.40. The van der Waals surface area contributed by atoms with E-state index < -0.39 is 0 Å². The van der Waals surface area contributed by atoms with E-state index in [0.717, 1.165) is 12.4 Å². The molecule has 2 rings (SSSR count). The van der Waals surface area contributed by atoms with Crippen molar-refractivity contribution in [2.75, 3.05) is 24.0 Å². The van der Waals surface area contributed by atoms with Gasteiger partial charge in [-0.05, 0) is 19.8 Å². The molecular formula is C13H23N5O. The van der Waals surface area contributed by atoms with Gasteiger partial charge >= 0.3 is 0 Å². The fourth-order valence-electron chi connectivity index (χ4n) is 2.51. The fourth-order valence-corrected chi connectivity index (χ4v) is 2.51. The molecule has 1 atom stereocenters. The van der Waals surface area contributed by atoms with Crippen molar-refractivity contribution < 1.29 is 4.74 Å². The standard InChI is InChI=1S/C13H23N5O/c1-10-6-4-3-5-7-18(10)13-8-11(17-14)15-12(16-13)9-19-2/h8,10H,3-7,9,14H2,1-2H3,(H,15,16,17). The highest BCUT2D eigenvalue weighted by Gasteiger charge is 2.19. The van der Waals surface area contributed by atoms with Gasteiger partial charge in [-0.2, -0.15) is 0 Å². The number of rotatable bonds is 4. The molecule has 0 spiro atoms. The van der Waals surface area contributed by atoms with Gasteiger partial charge in [-0.1, -0.05) is 12.8 Å². The van der Waals surface area contributed by atoms with Gasteiger partial charge in [0.25, 0.3) is 0 Å². The van der Waals surface area contributed by atoms with Gasteiger partial charge < -0.3 is 15.1 Å². The number of nitrogen functional groups attached to an aromatic ring is 1.